The fourth-order valence-electron chi connectivity index (χ4n) is 8.60. The van der Waals surface area contributed by atoms with Gasteiger partial charge in [0.1, 0.15) is 0 Å². The number of rotatable bonds is 5. The Labute approximate surface area is 184 Å². The number of hydrogen-bond donors (Lipinski definition) is 3. The second-order valence-electron chi connectivity index (χ2n) is 12.6. The number of aliphatic hydroxyl groups excluding tert-OH is 1. The summed E-state index contributed by atoms with van der Waals surface area (Å²) in [4.78, 5) is 0. The van der Waals surface area contributed by atoms with Crippen LogP contribution in [0.15, 0.2) is 11.6 Å². The minimum Gasteiger partial charge on any atom is -0.393 e. The number of allylic oxidation sites excluding steroid dienone is 1. The van der Waals surface area contributed by atoms with E-state index in [-0.39, 0.29) is 16.9 Å². The van der Waals surface area contributed by atoms with E-state index >= 15 is 0 Å². The van der Waals surface area contributed by atoms with Crippen LogP contribution in [0.3, 0.4) is 0 Å². The quantitative estimate of drug-likeness (QED) is 0.508. The summed E-state index contributed by atoms with van der Waals surface area (Å²) in [6, 6.07) is 0. The van der Waals surface area contributed by atoms with Gasteiger partial charge in [-0.15, -0.1) is 0 Å². The minimum absolute atomic E-state index is 0.160. The lowest BCUT2D eigenvalue weighted by Crippen LogP contribution is -2.63. The lowest BCUT2D eigenvalue weighted by Gasteiger charge is -2.60. The van der Waals surface area contributed by atoms with Crippen LogP contribution in [0.2, 0.25) is 0 Å². The highest BCUT2D eigenvalue weighted by Crippen LogP contribution is 2.68. The van der Waals surface area contributed by atoms with Crippen molar-refractivity contribution in [1.82, 2.24) is 0 Å². The van der Waals surface area contributed by atoms with Gasteiger partial charge in [0.05, 0.1) is 17.3 Å². The number of aliphatic hydroxyl groups is 3. The SMILES string of the molecule is CC(C)CCC[C@@](C)(O)[C@@]1(O)CC[C@H]2[C@@H]3CC=C4CC(O)CC[C@]4(C)[C@H]3CC[C@@]21C. The Kier molecular flexibility index (Phi) is 5.77. The van der Waals surface area contributed by atoms with Crippen LogP contribution in [-0.4, -0.2) is 32.6 Å². The largest absolute Gasteiger partial charge is 0.393 e. The summed E-state index contributed by atoms with van der Waals surface area (Å²) in [6.45, 7) is 11.1. The minimum atomic E-state index is -1.02. The molecule has 0 bridgehead atoms. The molecule has 0 saturated heterocycles. The van der Waals surface area contributed by atoms with E-state index < -0.39 is 11.2 Å². The van der Waals surface area contributed by atoms with E-state index in [4.69, 9.17) is 0 Å². The normalized spacial score (nSPS) is 47.8. The van der Waals surface area contributed by atoms with Crippen LogP contribution in [-0.2, 0) is 0 Å². The van der Waals surface area contributed by atoms with Crippen LogP contribution in [0.25, 0.3) is 0 Å². The summed E-state index contributed by atoms with van der Waals surface area (Å²) >= 11 is 0. The van der Waals surface area contributed by atoms with E-state index in [0.29, 0.717) is 30.1 Å². The van der Waals surface area contributed by atoms with Gasteiger partial charge in [-0.3, -0.25) is 0 Å². The summed E-state index contributed by atoms with van der Waals surface area (Å²) in [5.74, 6) is 2.39. The molecule has 3 nitrogen and oxygen atoms in total. The maximum atomic E-state index is 12.1. The number of fused-ring (bicyclic) bond motifs is 5. The first-order chi connectivity index (χ1) is 13.9. The molecule has 30 heavy (non-hydrogen) atoms. The number of hydrogen-bond acceptors (Lipinski definition) is 3. The molecule has 0 aromatic carbocycles. The smallest absolute Gasteiger partial charge is 0.0986 e. The molecule has 4 rings (SSSR count). The lowest BCUT2D eigenvalue weighted by atomic mass is 9.46. The van der Waals surface area contributed by atoms with Gasteiger partial charge in [0.15, 0.2) is 0 Å². The molecule has 4 aliphatic rings. The second kappa shape index (κ2) is 7.59. The fraction of sp³-hybridized carbons (Fsp3) is 0.926. The van der Waals surface area contributed by atoms with Crippen molar-refractivity contribution in [2.75, 3.05) is 0 Å². The zero-order valence-electron chi connectivity index (χ0n) is 20.1. The highest BCUT2D eigenvalue weighted by Gasteiger charge is 2.68. The van der Waals surface area contributed by atoms with Crippen molar-refractivity contribution in [3.8, 4) is 0 Å². The standard InChI is InChI=1S/C27H46O3/c1-18(2)7-6-13-26(5,29)27(30)16-12-23-21-9-8-19-17-20(28)10-14-24(19,3)22(21)11-15-25(23,27)4/h8,18,20-23,28-30H,6-7,9-17H2,1-5H3/t20?,21-,22+,23+,24+,25+,26-,27-/m1/s1. The second-order valence-corrected chi connectivity index (χ2v) is 12.6. The maximum Gasteiger partial charge on any atom is 0.0986 e. The van der Waals surface area contributed by atoms with Gasteiger partial charge in [0, 0.05) is 5.41 Å². The summed E-state index contributed by atoms with van der Waals surface area (Å²) in [5.41, 5.74) is -0.484. The monoisotopic (exact) mass is 418 g/mol. The molecule has 0 radical (unpaired) electrons. The maximum absolute atomic E-state index is 12.1. The summed E-state index contributed by atoms with van der Waals surface area (Å²) in [5, 5.41) is 33.8. The molecule has 0 heterocycles. The van der Waals surface area contributed by atoms with Gasteiger partial charge in [-0.25, -0.2) is 0 Å². The fourth-order valence-corrected chi connectivity index (χ4v) is 8.60. The third-order valence-corrected chi connectivity index (χ3v) is 10.6. The third-order valence-electron chi connectivity index (χ3n) is 10.6. The van der Waals surface area contributed by atoms with Crippen LogP contribution in [0.1, 0.15) is 105 Å². The molecule has 172 valence electrons. The molecule has 4 aliphatic carbocycles. The molecule has 3 N–H and O–H groups in total. The molecule has 8 atom stereocenters. The summed E-state index contributed by atoms with van der Waals surface area (Å²) < 4.78 is 0. The molecular weight excluding hydrogens is 372 g/mol. The van der Waals surface area contributed by atoms with E-state index in [9.17, 15) is 15.3 Å². The first kappa shape index (κ1) is 22.8. The van der Waals surface area contributed by atoms with Crippen LogP contribution in [0.5, 0.6) is 0 Å². The average Bonchev–Trinajstić information content (AvgIpc) is 2.95. The van der Waals surface area contributed by atoms with Crippen molar-refractivity contribution in [2.24, 2.45) is 34.5 Å². The first-order valence-corrected chi connectivity index (χ1v) is 12.8. The Morgan fingerprint density at radius 2 is 1.80 bits per heavy atom. The zero-order chi connectivity index (χ0) is 21.9. The van der Waals surface area contributed by atoms with Gasteiger partial charge in [-0.05, 0) is 93.8 Å². The van der Waals surface area contributed by atoms with E-state index in [2.05, 4.69) is 33.8 Å². The van der Waals surface area contributed by atoms with Gasteiger partial charge in [0.25, 0.3) is 0 Å². The van der Waals surface area contributed by atoms with Crippen molar-refractivity contribution < 1.29 is 15.3 Å². The van der Waals surface area contributed by atoms with Crippen LogP contribution >= 0.6 is 0 Å². The molecule has 3 saturated carbocycles. The topological polar surface area (TPSA) is 60.7 Å². The Bertz CT molecular complexity index is 682. The zero-order valence-corrected chi connectivity index (χ0v) is 20.1. The van der Waals surface area contributed by atoms with Gasteiger partial charge < -0.3 is 15.3 Å². The average molecular weight is 419 g/mol. The van der Waals surface area contributed by atoms with E-state index in [0.717, 1.165) is 64.2 Å². The molecule has 3 heteroatoms. The van der Waals surface area contributed by atoms with Crippen molar-refractivity contribution in [3.63, 3.8) is 0 Å². The van der Waals surface area contributed by atoms with Gasteiger partial charge in [0.2, 0.25) is 0 Å². The van der Waals surface area contributed by atoms with Crippen molar-refractivity contribution in [3.05, 3.63) is 11.6 Å². The summed E-state index contributed by atoms with van der Waals surface area (Å²) in [7, 11) is 0. The molecule has 0 aromatic heterocycles. The van der Waals surface area contributed by atoms with Crippen molar-refractivity contribution >= 4 is 0 Å². The highest BCUT2D eigenvalue weighted by molar-refractivity contribution is 5.27. The molecule has 0 spiro atoms. The van der Waals surface area contributed by atoms with Gasteiger partial charge >= 0.3 is 0 Å². The Balaban J connectivity index is 1.58. The molecule has 0 aromatic rings. The first-order valence-electron chi connectivity index (χ1n) is 12.8. The van der Waals surface area contributed by atoms with Crippen molar-refractivity contribution in [2.45, 2.75) is 123 Å². The molecule has 0 aliphatic heterocycles. The van der Waals surface area contributed by atoms with Crippen molar-refractivity contribution in [1.29, 1.82) is 0 Å². The van der Waals surface area contributed by atoms with E-state index in [1.54, 1.807) is 0 Å². The molecule has 0 amide bonds. The van der Waals surface area contributed by atoms with Crippen LogP contribution in [0, 0.1) is 34.5 Å². The van der Waals surface area contributed by atoms with E-state index in [1.165, 1.54) is 5.57 Å². The van der Waals surface area contributed by atoms with Crippen LogP contribution in [0.4, 0.5) is 0 Å². The predicted octanol–water partition coefficient (Wildman–Crippen LogP) is 5.62. The van der Waals surface area contributed by atoms with Crippen LogP contribution < -0.4 is 0 Å². The van der Waals surface area contributed by atoms with E-state index in [1.807, 2.05) is 6.92 Å². The summed E-state index contributed by atoms with van der Waals surface area (Å²) in [6.07, 6.45) is 13.0. The van der Waals surface area contributed by atoms with Gasteiger partial charge in [-0.1, -0.05) is 52.2 Å². The molecule has 3 fully saturated rings. The molecule has 1 unspecified atom stereocenters. The van der Waals surface area contributed by atoms with Gasteiger partial charge in [-0.2, -0.15) is 0 Å². The Morgan fingerprint density at radius 1 is 1.10 bits per heavy atom. The molecular formula is C27H46O3. The third kappa shape index (κ3) is 3.25. The lowest BCUT2D eigenvalue weighted by molar-refractivity contribution is -0.219. The predicted molar refractivity (Wildman–Crippen MR) is 122 cm³/mol. The highest BCUT2D eigenvalue weighted by atomic mass is 16.4. The Morgan fingerprint density at radius 3 is 2.50 bits per heavy atom. The Hall–Kier alpha value is -0.380.